The zero-order valence-corrected chi connectivity index (χ0v) is 18.0. The summed E-state index contributed by atoms with van der Waals surface area (Å²) in [6.45, 7) is 10.4. The molecule has 4 heterocycles. The number of nitrogens with one attached hydrogen (secondary N) is 1. The number of nitrogens with zero attached hydrogens (tertiary/aromatic N) is 3. The Balaban J connectivity index is 0.00000121. The van der Waals surface area contributed by atoms with Crippen molar-refractivity contribution in [3.63, 3.8) is 0 Å². The zero-order chi connectivity index (χ0) is 16.7. The first-order valence-corrected chi connectivity index (χ1v) is 9.77. The molecule has 1 fully saturated rings. The molecular weight excluding hydrogens is 391 g/mol. The molecule has 0 aliphatic carbocycles. The minimum atomic E-state index is -0.0551. The lowest BCUT2D eigenvalue weighted by atomic mass is 9.92. The number of rotatable bonds is 3. The third-order valence-corrected chi connectivity index (χ3v) is 6.35. The van der Waals surface area contributed by atoms with Crippen LogP contribution in [0.3, 0.4) is 0 Å². The van der Waals surface area contributed by atoms with Gasteiger partial charge < -0.3 is 15.0 Å². The molecule has 26 heavy (non-hydrogen) atoms. The van der Waals surface area contributed by atoms with Crippen LogP contribution < -0.4 is 10.2 Å². The molecule has 2 aliphatic rings. The van der Waals surface area contributed by atoms with E-state index >= 15 is 0 Å². The second-order valence-corrected chi connectivity index (χ2v) is 8.43. The highest BCUT2D eigenvalue weighted by Crippen LogP contribution is 2.39. The van der Waals surface area contributed by atoms with Crippen LogP contribution in [0.4, 0.5) is 5.82 Å². The van der Waals surface area contributed by atoms with Crippen molar-refractivity contribution in [2.45, 2.75) is 58.2 Å². The Hall–Kier alpha value is -0.660. The highest BCUT2D eigenvalue weighted by atomic mass is 35.5. The minimum absolute atomic E-state index is 0. The van der Waals surface area contributed by atoms with Gasteiger partial charge in [-0.1, -0.05) is 0 Å². The summed E-state index contributed by atoms with van der Waals surface area (Å²) in [4.78, 5) is 14.4. The highest BCUT2D eigenvalue weighted by molar-refractivity contribution is 7.19. The zero-order valence-electron chi connectivity index (χ0n) is 15.6. The average molecular weight is 419 g/mol. The minimum Gasteiger partial charge on any atom is -0.375 e. The van der Waals surface area contributed by atoms with E-state index in [4.69, 9.17) is 9.72 Å². The lowest BCUT2D eigenvalue weighted by molar-refractivity contribution is -0.0588. The van der Waals surface area contributed by atoms with Gasteiger partial charge >= 0.3 is 0 Å². The van der Waals surface area contributed by atoms with Crippen LogP contribution >= 0.6 is 36.2 Å². The summed E-state index contributed by atoms with van der Waals surface area (Å²) in [6.07, 6.45) is 4.92. The summed E-state index contributed by atoms with van der Waals surface area (Å²) in [5, 5.41) is 4.77. The van der Waals surface area contributed by atoms with E-state index in [0.29, 0.717) is 6.04 Å². The smallest absolute Gasteiger partial charge is 0.141 e. The van der Waals surface area contributed by atoms with Crippen LogP contribution in [0.25, 0.3) is 10.2 Å². The molecule has 2 aromatic rings. The molecule has 146 valence electrons. The SMILES string of the molecule is CCN(c1ncnc2sc3c(c12)CCNC3)C1CCOC(C)(C)C1.Cl.Cl. The number of halogens is 2. The van der Waals surface area contributed by atoms with Gasteiger partial charge in [0.25, 0.3) is 0 Å². The molecule has 0 radical (unpaired) electrons. The van der Waals surface area contributed by atoms with E-state index in [1.165, 1.54) is 15.8 Å². The fraction of sp³-hybridized carbons (Fsp3) is 0.667. The lowest BCUT2D eigenvalue weighted by Gasteiger charge is -2.41. The highest BCUT2D eigenvalue weighted by Gasteiger charge is 2.33. The van der Waals surface area contributed by atoms with Crippen LogP contribution in [0.2, 0.25) is 0 Å². The van der Waals surface area contributed by atoms with Gasteiger partial charge in [-0.15, -0.1) is 36.2 Å². The first kappa shape index (κ1) is 21.6. The van der Waals surface area contributed by atoms with Crippen LogP contribution in [0.1, 0.15) is 44.1 Å². The lowest BCUT2D eigenvalue weighted by Crippen LogP contribution is -2.46. The van der Waals surface area contributed by atoms with Gasteiger partial charge in [-0.05, 0) is 52.1 Å². The molecule has 2 aromatic heterocycles. The van der Waals surface area contributed by atoms with E-state index in [0.717, 1.165) is 56.2 Å². The molecule has 0 bridgehead atoms. The maximum atomic E-state index is 5.92. The molecule has 8 heteroatoms. The molecule has 1 unspecified atom stereocenters. The normalized spacial score (nSPS) is 21.4. The number of anilines is 1. The van der Waals surface area contributed by atoms with Crippen molar-refractivity contribution >= 4 is 52.2 Å². The quantitative estimate of drug-likeness (QED) is 0.816. The summed E-state index contributed by atoms with van der Waals surface area (Å²) in [5.41, 5.74) is 1.41. The predicted octanol–water partition coefficient (Wildman–Crippen LogP) is 3.96. The standard InChI is InChI=1S/C18H26N4OS.2ClH/c1-4-22(12-6-8-23-18(2,3)9-12)16-15-13-5-7-19-10-14(13)24-17(15)21-11-20-16;;/h11-12,19H,4-10H2,1-3H3;2*1H. The number of hydrogen-bond donors (Lipinski definition) is 1. The number of hydrogen-bond acceptors (Lipinski definition) is 6. The van der Waals surface area contributed by atoms with Crippen molar-refractivity contribution in [1.29, 1.82) is 0 Å². The van der Waals surface area contributed by atoms with Gasteiger partial charge in [0.1, 0.15) is 17.0 Å². The average Bonchev–Trinajstić information content (AvgIpc) is 2.94. The molecule has 1 N–H and O–H groups in total. The van der Waals surface area contributed by atoms with Crippen molar-refractivity contribution in [1.82, 2.24) is 15.3 Å². The van der Waals surface area contributed by atoms with E-state index in [1.54, 1.807) is 6.33 Å². The van der Waals surface area contributed by atoms with E-state index < -0.39 is 0 Å². The van der Waals surface area contributed by atoms with Crippen molar-refractivity contribution in [2.24, 2.45) is 0 Å². The van der Waals surface area contributed by atoms with Gasteiger partial charge in [0, 0.05) is 30.6 Å². The van der Waals surface area contributed by atoms with Gasteiger partial charge in [-0.2, -0.15) is 0 Å². The summed E-state index contributed by atoms with van der Waals surface area (Å²) in [7, 11) is 0. The van der Waals surface area contributed by atoms with Crippen molar-refractivity contribution in [3.8, 4) is 0 Å². The Kier molecular flexibility index (Phi) is 7.13. The Labute approximate surface area is 171 Å². The van der Waals surface area contributed by atoms with Gasteiger partial charge in [-0.3, -0.25) is 0 Å². The van der Waals surface area contributed by atoms with Crippen LogP contribution in [0, 0.1) is 0 Å². The first-order valence-electron chi connectivity index (χ1n) is 8.95. The monoisotopic (exact) mass is 418 g/mol. The third kappa shape index (κ3) is 3.94. The molecule has 1 saturated heterocycles. The summed E-state index contributed by atoms with van der Waals surface area (Å²) in [6, 6.07) is 0.481. The van der Waals surface area contributed by atoms with E-state index in [1.807, 2.05) is 11.3 Å². The Morgan fingerprint density at radius 1 is 1.35 bits per heavy atom. The van der Waals surface area contributed by atoms with Crippen molar-refractivity contribution in [3.05, 3.63) is 16.8 Å². The fourth-order valence-corrected chi connectivity index (χ4v) is 5.26. The Bertz CT molecular complexity index is 752. The van der Waals surface area contributed by atoms with Crippen LogP contribution in [-0.4, -0.2) is 41.3 Å². The number of fused-ring (bicyclic) bond motifs is 3. The van der Waals surface area contributed by atoms with Crippen LogP contribution in [-0.2, 0) is 17.7 Å². The fourth-order valence-electron chi connectivity index (χ4n) is 4.11. The maximum absolute atomic E-state index is 5.92. The predicted molar refractivity (Wildman–Crippen MR) is 113 cm³/mol. The molecule has 0 amide bonds. The maximum Gasteiger partial charge on any atom is 0.141 e. The van der Waals surface area contributed by atoms with Gasteiger partial charge in [0.15, 0.2) is 0 Å². The molecular formula is C18H28Cl2N4OS. The Morgan fingerprint density at radius 3 is 2.88 bits per heavy atom. The molecule has 1 atom stereocenters. The Morgan fingerprint density at radius 2 is 2.15 bits per heavy atom. The largest absolute Gasteiger partial charge is 0.375 e. The topological polar surface area (TPSA) is 50.3 Å². The summed E-state index contributed by atoms with van der Waals surface area (Å²) in [5.74, 6) is 1.13. The molecule has 5 nitrogen and oxygen atoms in total. The number of ether oxygens (including phenoxy) is 1. The van der Waals surface area contributed by atoms with Gasteiger partial charge in [-0.25, -0.2) is 9.97 Å². The molecule has 0 spiro atoms. The second kappa shape index (κ2) is 8.57. The van der Waals surface area contributed by atoms with E-state index in [2.05, 4.69) is 36.0 Å². The molecule has 4 rings (SSSR count). The van der Waals surface area contributed by atoms with Crippen LogP contribution in [0.5, 0.6) is 0 Å². The first-order chi connectivity index (χ1) is 11.6. The van der Waals surface area contributed by atoms with Crippen molar-refractivity contribution in [2.75, 3.05) is 24.6 Å². The second-order valence-electron chi connectivity index (χ2n) is 7.35. The van der Waals surface area contributed by atoms with E-state index in [-0.39, 0.29) is 30.4 Å². The number of thiophene rings is 1. The molecule has 2 aliphatic heterocycles. The third-order valence-electron chi connectivity index (χ3n) is 5.21. The van der Waals surface area contributed by atoms with E-state index in [9.17, 15) is 0 Å². The van der Waals surface area contributed by atoms with Crippen molar-refractivity contribution < 1.29 is 4.74 Å². The number of aromatic nitrogens is 2. The van der Waals surface area contributed by atoms with Gasteiger partial charge in [0.05, 0.1) is 11.0 Å². The summed E-state index contributed by atoms with van der Waals surface area (Å²) < 4.78 is 5.92. The molecule has 0 saturated carbocycles. The van der Waals surface area contributed by atoms with Crippen LogP contribution in [0.15, 0.2) is 6.33 Å². The van der Waals surface area contributed by atoms with Gasteiger partial charge in [0.2, 0.25) is 0 Å². The summed E-state index contributed by atoms with van der Waals surface area (Å²) >= 11 is 1.82. The molecule has 0 aromatic carbocycles.